The van der Waals surface area contributed by atoms with Crippen molar-refractivity contribution in [2.75, 3.05) is 13.7 Å². The third kappa shape index (κ3) is 2.73. The molecule has 50 valence electrons. The Hall–Kier alpha value is -1.01. The van der Waals surface area contributed by atoms with Crippen LogP contribution in [-0.2, 0) is 9.63 Å². The Morgan fingerprint density at radius 1 is 1.89 bits per heavy atom. The summed E-state index contributed by atoms with van der Waals surface area (Å²) in [6.45, 7) is 1.59. The fraction of sp³-hybridized carbons (Fsp3) is 0.500. The second-order valence-electron chi connectivity index (χ2n) is 1.44. The van der Waals surface area contributed by atoms with Crippen LogP contribution >= 0.6 is 0 Å². The number of carbonyl (C=O) groups is 1. The van der Waals surface area contributed by atoms with Gasteiger partial charge in [-0.3, -0.25) is 9.63 Å². The minimum absolute atomic E-state index is 0.185. The SMILES string of the molecule is C#CCN(OC)C(C)=O. The van der Waals surface area contributed by atoms with Crippen LogP contribution in [0.15, 0.2) is 0 Å². The van der Waals surface area contributed by atoms with Gasteiger partial charge < -0.3 is 0 Å². The van der Waals surface area contributed by atoms with E-state index in [-0.39, 0.29) is 12.5 Å². The van der Waals surface area contributed by atoms with Crippen LogP contribution in [-0.4, -0.2) is 24.6 Å². The summed E-state index contributed by atoms with van der Waals surface area (Å²) in [4.78, 5) is 15.1. The molecule has 0 N–H and O–H groups in total. The Morgan fingerprint density at radius 2 is 2.44 bits per heavy atom. The predicted octanol–water partition coefficient (Wildman–Crippen LogP) is 0.0295. The maximum atomic E-state index is 10.5. The van der Waals surface area contributed by atoms with Crippen molar-refractivity contribution in [2.24, 2.45) is 0 Å². The molecule has 0 spiro atoms. The van der Waals surface area contributed by atoms with Crippen molar-refractivity contribution in [2.45, 2.75) is 6.92 Å². The molecule has 3 nitrogen and oxygen atoms in total. The number of rotatable bonds is 2. The topological polar surface area (TPSA) is 29.5 Å². The summed E-state index contributed by atoms with van der Waals surface area (Å²) in [7, 11) is 1.40. The molecule has 0 bridgehead atoms. The largest absolute Gasteiger partial charge is 0.273 e. The minimum Gasteiger partial charge on any atom is -0.273 e. The van der Waals surface area contributed by atoms with Crippen LogP contribution in [0.5, 0.6) is 0 Å². The molecule has 0 aromatic heterocycles. The maximum Gasteiger partial charge on any atom is 0.243 e. The summed E-state index contributed by atoms with van der Waals surface area (Å²) >= 11 is 0. The summed E-state index contributed by atoms with van der Waals surface area (Å²) in [5, 5.41) is 1.10. The molecule has 0 fully saturated rings. The monoisotopic (exact) mass is 127 g/mol. The lowest BCUT2D eigenvalue weighted by molar-refractivity contribution is -0.169. The number of hydrogen-bond donors (Lipinski definition) is 0. The number of hydrogen-bond acceptors (Lipinski definition) is 2. The van der Waals surface area contributed by atoms with Crippen LogP contribution in [0.4, 0.5) is 0 Å². The van der Waals surface area contributed by atoms with E-state index in [1.165, 1.54) is 14.0 Å². The third-order valence-electron chi connectivity index (χ3n) is 0.806. The molecule has 3 heteroatoms. The summed E-state index contributed by atoms with van der Waals surface area (Å²) in [6, 6.07) is 0. The van der Waals surface area contributed by atoms with Gasteiger partial charge in [0.05, 0.1) is 7.11 Å². The van der Waals surface area contributed by atoms with Gasteiger partial charge in [0.2, 0.25) is 5.91 Å². The van der Waals surface area contributed by atoms with Crippen LogP contribution in [0.2, 0.25) is 0 Å². The molecule has 0 heterocycles. The summed E-state index contributed by atoms with van der Waals surface area (Å²) < 4.78 is 0. The quantitative estimate of drug-likeness (QED) is 0.387. The van der Waals surface area contributed by atoms with Crippen molar-refractivity contribution < 1.29 is 9.63 Å². The van der Waals surface area contributed by atoms with Gasteiger partial charge in [0, 0.05) is 6.92 Å². The van der Waals surface area contributed by atoms with Crippen molar-refractivity contribution in [3.63, 3.8) is 0 Å². The Labute approximate surface area is 54.6 Å². The van der Waals surface area contributed by atoms with Crippen LogP contribution in [0.25, 0.3) is 0 Å². The first kappa shape index (κ1) is 7.99. The van der Waals surface area contributed by atoms with E-state index in [0.29, 0.717) is 0 Å². The summed E-state index contributed by atoms with van der Waals surface area (Å²) in [6.07, 6.45) is 4.92. The lowest BCUT2D eigenvalue weighted by atomic mass is 10.6. The molecular weight excluding hydrogens is 118 g/mol. The van der Waals surface area contributed by atoms with E-state index in [9.17, 15) is 4.79 Å². The molecule has 0 saturated carbocycles. The Morgan fingerprint density at radius 3 is 2.56 bits per heavy atom. The molecule has 0 aliphatic rings. The molecule has 0 aliphatic heterocycles. The smallest absolute Gasteiger partial charge is 0.243 e. The molecule has 0 unspecified atom stereocenters. The van der Waals surface area contributed by atoms with E-state index in [1.807, 2.05) is 0 Å². The molecule has 0 saturated heterocycles. The highest BCUT2D eigenvalue weighted by molar-refractivity contribution is 5.72. The van der Waals surface area contributed by atoms with E-state index in [1.54, 1.807) is 0 Å². The van der Waals surface area contributed by atoms with Gasteiger partial charge in [-0.15, -0.1) is 6.42 Å². The summed E-state index contributed by atoms with van der Waals surface area (Å²) in [5.41, 5.74) is 0. The molecule has 0 aliphatic carbocycles. The van der Waals surface area contributed by atoms with Crippen LogP contribution in [0, 0.1) is 12.3 Å². The molecule has 0 aromatic rings. The van der Waals surface area contributed by atoms with Gasteiger partial charge in [0.25, 0.3) is 0 Å². The molecule has 1 amide bonds. The standard InChI is InChI=1S/C6H9NO2/c1-4-5-7(9-3)6(2)8/h1H,5H2,2-3H3. The second kappa shape index (κ2) is 3.93. The zero-order valence-electron chi connectivity index (χ0n) is 5.55. The first-order valence-corrected chi connectivity index (χ1v) is 2.48. The highest BCUT2D eigenvalue weighted by Crippen LogP contribution is 1.85. The second-order valence-corrected chi connectivity index (χ2v) is 1.44. The average molecular weight is 127 g/mol. The van der Waals surface area contributed by atoms with Crippen molar-refractivity contribution in [3.8, 4) is 12.3 Å². The maximum absolute atomic E-state index is 10.5. The number of hydroxylamine groups is 2. The van der Waals surface area contributed by atoms with Crippen molar-refractivity contribution in [3.05, 3.63) is 0 Å². The van der Waals surface area contributed by atoms with E-state index < -0.39 is 0 Å². The fourth-order valence-corrected chi connectivity index (χ4v) is 0.387. The van der Waals surface area contributed by atoms with E-state index in [0.717, 1.165) is 5.06 Å². The molecule has 0 aromatic carbocycles. The average Bonchev–Trinajstić information content (AvgIpc) is 1.82. The van der Waals surface area contributed by atoms with E-state index in [2.05, 4.69) is 10.8 Å². The van der Waals surface area contributed by atoms with E-state index in [4.69, 9.17) is 6.42 Å². The molecule has 0 rings (SSSR count). The van der Waals surface area contributed by atoms with E-state index >= 15 is 0 Å². The normalized spacial score (nSPS) is 8.11. The summed E-state index contributed by atoms with van der Waals surface area (Å²) in [5.74, 6) is 2.10. The number of amides is 1. The van der Waals surface area contributed by atoms with Crippen molar-refractivity contribution in [1.82, 2.24) is 5.06 Å². The zero-order chi connectivity index (χ0) is 7.28. The Bertz CT molecular complexity index is 136. The van der Waals surface area contributed by atoms with Gasteiger partial charge in [-0.2, -0.15) is 0 Å². The highest BCUT2D eigenvalue weighted by Gasteiger charge is 2.02. The van der Waals surface area contributed by atoms with Crippen LogP contribution in [0.1, 0.15) is 6.92 Å². The fourth-order valence-electron chi connectivity index (χ4n) is 0.387. The van der Waals surface area contributed by atoms with Gasteiger partial charge in [0.15, 0.2) is 0 Å². The number of carbonyl (C=O) groups excluding carboxylic acids is 1. The van der Waals surface area contributed by atoms with Gasteiger partial charge in [-0.25, -0.2) is 5.06 Å². The van der Waals surface area contributed by atoms with Crippen LogP contribution in [0.3, 0.4) is 0 Å². The number of nitrogens with zero attached hydrogens (tertiary/aromatic N) is 1. The molecule has 0 atom stereocenters. The zero-order valence-corrected chi connectivity index (χ0v) is 5.55. The number of terminal acetylenes is 1. The van der Waals surface area contributed by atoms with Gasteiger partial charge in [-0.1, -0.05) is 5.92 Å². The lowest BCUT2D eigenvalue weighted by Gasteiger charge is -2.12. The highest BCUT2D eigenvalue weighted by atomic mass is 16.7. The third-order valence-corrected chi connectivity index (χ3v) is 0.806. The van der Waals surface area contributed by atoms with Crippen LogP contribution < -0.4 is 0 Å². The molecular formula is C6H9NO2. The van der Waals surface area contributed by atoms with Crippen molar-refractivity contribution >= 4 is 5.91 Å². The Balaban J connectivity index is 3.71. The predicted molar refractivity (Wildman–Crippen MR) is 33.2 cm³/mol. The first-order chi connectivity index (χ1) is 4.22. The molecule has 9 heavy (non-hydrogen) atoms. The van der Waals surface area contributed by atoms with Gasteiger partial charge in [-0.05, 0) is 0 Å². The first-order valence-electron chi connectivity index (χ1n) is 2.48. The Kier molecular flexibility index (Phi) is 3.49. The lowest BCUT2D eigenvalue weighted by Crippen LogP contribution is -2.27. The van der Waals surface area contributed by atoms with Gasteiger partial charge >= 0.3 is 0 Å². The molecule has 0 radical (unpaired) electrons. The van der Waals surface area contributed by atoms with Gasteiger partial charge in [0.1, 0.15) is 6.54 Å². The van der Waals surface area contributed by atoms with Crippen molar-refractivity contribution in [1.29, 1.82) is 0 Å². The minimum atomic E-state index is -0.185.